The van der Waals surface area contributed by atoms with Gasteiger partial charge in [-0.3, -0.25) is 14.5 Å². The number of nitrogens with one attached hydrogen (secondary N) is 2. The van der Waals surface area contributed by atoms with Gasteiger partial charge in [-0.05, 0) is 48.6 Å². The zero-order chi connectivity index (χ0) is 16.2. The molecule has 2 aromatic carbocycles. The molecule has 7 heteroatoms. The predicted octanol–water partition coefficient (Wildman–Crippen LogP) is 3.62. The van der Waals surface area contributed by atoms with Crippen molar-refractivity contribution in [3.05, 3.63) is 75.2 Å². The van der Waals surface area contributed by atoms with E-state index in [1.54, 1.807) is 16.7 Å². The molecule has 0 aliphatic carbocycles. The van der Waals surface area contributed by atoms with Crippen LogP contribution >= 0.6 is 28.1 Å². The van der Waals surface area contributed by atoms with Crippen LogP contribution in [0.25, 0.3) is 5.69 Å². The Morgan fingerprint density at radius 3 is 2.57 bits per heavy atom. The van der Waals surface area contributed by atoms with E-state index in [1.807, 2.05) is 42.5 Å². The van der Waals surface area contributed by atoms with E-state index in [9.17, 15) is 4.79 Å². The van der Waals surface area contributed by atoms with Crippen molar-refractivity contribution in [2.24, 2.45) is 0 Å². The zero-order valence-electron chi connectivity index (χ0n) is 12.0. The second kappa shape index (κ2) is 6.89. The summed E-state index contributed by atoms with van der Waals surface area (Å²) in [5.74, 6) is 0.489. The van der Waals surface area contributed by atoms with Gasteiger partial charge in [0.05, 0.1) is 6.54 Å². The van der Waals surface area contributed by atoms with E-state index in [-0.39, 0.29) is 12.5 Å². The molecule has 0 bridgehead atoms. The maximum Gasteiger partial charge on any atom is 0.251 e. The van der Waals surface area contributed by atoms with Gasteiger partial charge < -0.3 is 5.32 Å². The van der Waals surface area contributed by atoms with Crippen LogP contribution in [0.3, 0.4) is 0 Å². The summed E-state index contributed by atoms with van der Waals surface area (Å²) < 4.78 is 3.26. The van der Waals surface area contributed by atoms with E-state index in [4.69, 9.17) is 12.2 Å². The van der Waals surface area contributed by atoms with Crippen LogP contribution in [0.1, 0.15) is 16.2 Å². The van der Waals surface area contributed by atoms with Gasteiger partial charge in [0.25, 0.3) is 5.91 Å². The molecular weight excluding hydrogens is 376 g/mol. The molecule has 0 fully saturated rings. The number of halogens is 1. The van der Waals surface area contributed by atoms with Crippen molar-refractivity contribution in [3.8, 4) is 5.69 Å². The van der Waals surface area contributed by atoms with E-state index in [0.29, 0.717) is 16.2 Å². The Hall–Kier alpha value is -2.25. The maximum atomic E-state index is 12.1. The normalized spacial score (nSPS) is 10.5. The Bertz CT molecular complexity index is 871. The predicted molar refractivity (Wildman–Crippen MR) is 94.1 cm³/mol. The van der Waals surface area contributed by atoms with Crippen LogP contribution in [-0.4, -0.2) is 20.7 Å². The Balaban J connectivity index is 1.81. The smallest absolute Gasteiger partial charge is 0.251 e. The molecule has 0 atom stereocenters. The first-order valence-electron chi connectivity index (χ1n) is 6.90. The lowest BCUT2D eigenvalue weighted by Gasteiger charge is -2.08. The van der Waals surface area contributed by atoms with Crippen LogP contribution in [0.4, 0.5) is 0 Å². The number of carbonyl (C=O) groups excluding carboxylic acids is 1. The van der Waals surface area contributed by atoms with Crippen LogP contribution in [0.5, 0.6) is 0 Å². The minimum atomic E-state index is -0.151. The summed E-state index contributed by atoms with van der Waals surface area (Å²) in [7, 11) is 0. The molecule has 2 N–H and O–H groups in total. The molecule has 1 heterocycles. The number of H-pyrrole nitrogens is 1. The highest BCUT2D eigenvalue weighted by molar-refractivity contribution is 9.10. The van der Waals surface area contributed by atoms with E-state index in [1.165, 1.54) is 0 Å². The van der Waals surface area contributed by atoms with Gasteiger partial charge in [-0.2, -0.15) is 5.10 Å². The number of amides is 1. The molecule has 1 aromatic heterocycles. The highest BCUT2D eigenvalue weighted by Gasteiger charge is 2.10. The molecule has 1 amide bonds. The molecule has 0 unspecified atom stereocenters. The molecule has 0 radical (unpaired) electrons. The van der Waals surface area contributed by atoms with Crippen molar-refractivity contribution in [1.29, 1.82) is 0 Å². The number of hydrogen-bond acceptors (Lipinski definition) is 3. The molecule has 23 heavy (non-hydrogen) atoms. The summed E-state index contributed by atoms with van der Waals surface area (Å²) in [5.41, 5.74) is 1.49. The van der Waals surface area contributed by atoms with Crippen LogP contribution in [-0.2, 0) is 6.54 Å². The highest BCUT2D eigenvalue weighted by Crippen LogP contribution is 2.15. The van der Waals surface area contributed by atoms with Gasteiger partial charge in [0.1, 0.15) is 0 Å². The Labute approximate surface area is 146 Å². The summed E-state index contributed by atoms with van der Waals surface area (Å²) in [6.07, 6.45) is 0. The Morgan fingerprint density at radius 2 is 1.87 bits per heavy atom. The lowest BCUT2D eigenvalue weighted by Crippen LogP contribution is -2.24. The van der Waals surface area contributed by atoms with Crippen LogP contribution < -0.4 is 5.32 Å². The van der Waals surface area contributed by atoms with Crippen molar-refractivity contribution in [3.63, 3.8) is 0 Å². The number of hydrogen-bond donors (Lipinski definition) is 2. The quantitative estimate of drug-likeness (QED) is 0.670. The Morgan fingerprint density at radius 1 is 1.17 bits per heavy atom. The summed E-state index contributed by atoms with van der Waals surface area (Å²) >= 11 is 8.69. The molecule has 116 valence electrons. The van der Waals surface area contributed by atoms with Crippen molar-refractivity contribution in [2.75, 3.05) is 0 Å². The van der Waals surface area contributed by atoms with E-state index < -0.39 is 0 Å². The first-order chi connectivity index (χ1) is 11.1. The fourth-order valence-electron chi connectivity index (χ4n) is 2.16. The average Bonchev–Trinajstić information content (AvgIpc) is 2.95. The molecule has 3 rings (SSSR count). The van der Waals surface area contributed by atoms with Crippen LogP contribution in [0.15, 0.2) is 59.1 Å². The minimum absolute atomic E-state index is 0.151. The van der Waals surface area contributed by atoms with Gasteiger partial charge in [0.2, 0.25) is 0 Å². The lowest BCUT2D eigenvalue weighted by molar-refractivity contribution is 0.0949. The van der Waals surface area contributed by atoms with E-state index in [0.717, 1.165) is 10.2 Å². The highest BCUT2D eigenvalue weighted by atomic mass is 79.9. The zero-order valence-corrected chi connectivity index (χ0v) is 14.4. The molecular formula is C16H13BrN4OS. The fourth-order valence-corrected chi connectivity index (χ4v) is 2.68. The average molecular weight is 389 g/mol. The minimum Gasteiger partial charge on any atom is -0.345 e. The summed E-state index contributed by atoms with van der Waals surface area (Å²) in [5, 5.41) is 9.82. The standard InChI is InChI=1S/C16H13BrN4OS/c17-12-6-8-13(9-7-12)21-14(19-20-16(21)23)10-18-15(22)11-4-2-1-3-5-11/h1-9H,10H2,(H,18,22)(H,20,23). The van der Waals surface area contributed by atoms with E-state index >= 15 is 0 Å². The van der Waals surface area contributed by atoms with Gasteiger partial charge in [-0.25, -0.2) is 0 Å². The third kappa shape index (κ3) is 3.57. The van der Waals surface area contributed by atoms with Crippen molar-refractivity contribution >= 4 is 34.1 Å². The summed E-state index contributed by atoms with van der Waals surface area (Å²) in [6, 6.07) is 16.8. The number of rotatable bonds is 4. The topological polar surface area (TPSA) is 62.7 Å². The molecule has 0 spiro atoms. The summed E-state index contributed by atoms with van der Waals surface area (Å²) in [4.78, 5) is 12.1. The van der Waals surface area contributed by atoms with Crippen LogP contribution in [0.2, 0.25) is 0 Å². The van der Waals surface area contributed by atoms with Gasteiger partial charge in [0.15, 0.2) is 10.6 Å². The third-order valence-electron chi connectivity index (χ3n) is 3.27. The first kappa shape index (κ1) is 15.6. The van der Waals surface area contributed by atoms with Gasteiger partial charge in [0, 0.05) is 15.7 Å². The van der Waals surface area contributed by atoms with Crippen LogP contribution in [0, 0.1) is 4.77 Å². The molecule has 5 nitrogen and oxygen atoms in total. The fraction of sp³-hybridized carbons (Fsp3) is 0.0625. The second-order valence-electron chi connectivity index (χ2n) is 4.81. The maximum absolute atomic E-state index is 12.1. The Kier molecular flexibility index (Phi) is 4.68. The number of carbonyl (C=O) groups is 1. The lowest BCUT2D eigenvalue weighted by atomic mass is 10.2. The molecule has 0 aliphatic heterocycles. The van der Waals surface area contributed by atoms with Crippen molar-refractivity contribution in [1.82, 2.24) is 20.1 Å². The molecule has 3 aromatic rings. The number of benzene rings is 2. The molecule has 0 saturated carbocycles. The van der Waals surface area contributed by atoms with Gasteiger partial charge in [-0.1, -0.05) is 34.1 Å². The van der Waals surface area contributed by atoms with Crippen molar-refractivity contribution in [2.45, 2.75) is 6.54 Å². The SMILES string of the molecule is O=C(NCc1n[nH]c(=S)n1-c1ccc(Br)cc1)c1ccccc1. The number of nitrogens with zero attached hydrogens (tertiary/aromatic N) is 2. The number of aromatic nitrogens is 3. The van der Waals surface area contributed by atoms with Gasteiger partial charge >= 0.3 is 0 Å². The third-order valence-corrected chi connectivity index (χ3v) is 4.07. The van der Waals surface area contributed by atoms with Crippen molar-refractivity contribution < 1.29 is 4.79 Å². The number of aromatic amines is 1. The second-order valence-corrected chi connectivity index (χ2v) is 6.11. The van der Waals surface area contributed by atoms with Gasteiger partial charge in [-0.15, -0.1) is 0 Å². The summed E-state index contributed by atoms with van der Waals surface area (Å²) in [6.45, 7) is 0.275. The van der Waals surface area contributed by atoms with E-state index in [2.05, 4.69) is 31.4 Å². The monoisotopic (exact) mass is 388 g/mol. The molecule has 0 aliphatic rings. The molecule has 0 saturated heterocycles. The first-order valence-corrected chi connectivity index (χ1v) is 8.11. The largest absolute Gasteiger partial charge is 0.345 e.